The number of nitrogens with one attached hydrogen (secondary N) is 1. The standard InChI is InChI=1S/C17H16ClN5O2/c1-25-15-5-3-2-4-14(15)19-16(24)10-11-23-21-17(20-22-23)12-6-8-13(18)9-7-12/h2-9H,10-11H2,1H3,(H,19,24). The minimum atomic E-state index is -0.158. The van der Waals surface area contributed by atoms with Crippen molar-refractivity contribution in [1.29, 1.82) is 0 Å². The first kappa shape index (κ1) is 16.9. The Labute approximate surface area is 149 Å². The molecule has 128 valence electrons. The number of amides is 1. The van der Waals surface area contributed by atoms with Gasteiger partial charge in [-0.25, -0.2) is 0 Å². The van der Waals surface area contributed by atoms with E-state index in [-0.39, 0.29) is 12.3 Å². The zero-order chi connectivity index (χ0) is 17.6. The maximum atomic E-state index is 12.1. The number of aryl methyl sites for hydroxylation is 1. The number of carbonyl (C=O) groups is 1. The van der Waals surface area contributed by atoms with Crippen molar-refractivity contribution in [2.45, 2.75) is 13.0 Å². The molecule has 0 radical (unpaired) electrons. The number of ether oxygens (including phenoxy) is 1. The number of hydrogen-bond donors (Lipinski definition) is 1. The molecule has 0 saturated heterocycles. The lowest BCUT2D eigenvalue weighted by molar-refractivity contribution is -0.116. The molecular weight excluding hydrogens is 342 g/mol. The van der Waals surface area contributed by atoms with Crippen LogP contribution in [-0.2, 0) is 11.3 Å². The molecule has 7 nitrogen and oxygen atoms in total. The third-order valence-electron chi connectivity index (χ3n) is 3.48. The fourth-order valence-electron chi connectivity index (χ4n) is 2.21. The van der Waals surface area contributed by atoms with Gasteiger partial charge in [0.05, 0.1) is 19.3 Å². The summed E-state index contributed by atoms with van der Waals surface area (Å²) in [5, 5.41) is 15.7. The van der Waals surface area contributed by atoms with Gasteiger partial charge in [-0.3, -0.25) is 4.79 Å². The normalized spacial score (nSPS) is 10.5. The zero-order valence-electron chi connectivity index (χ0n) is 13.5. The minimum Gasteiger partial charge on any atom is -0.495 e. The van der Waals surface area contributed by atoms with Crippen LogP contribution in [0, 0.1) is 0 Å². The molecule has 8 heteroatoms. The van der Waals surface area contributed by atoms with Crippen LogP contribution in [0.2, 0.25) is 5.02 Å². The van der Waals surface area contributed by atoms with Crippen LogP contribution in [0.15, 0.2) is 48.5 Å². The summed E-state index contributed by atoms with van der Waals surface area (Å²) in [6.07, 6.45) is 0.217. The van der Waals surface area contributed by atoms with Crippen LogP contribution in [0.3, 0.4) is 0 Å². The Morgan fingerprint density at radius 2 is 1.96 bits per heavy atom. The SMILES string of the molecule is COc1ccccc1NC(=O)CCn1nnc(-c2ccc(Cl)cc2)n1. The van der Waals surface area contributed by atoms with Crippen LogP contribution in [0.25, 0.3) is 11.4 Å². The Bertz CT molecular complexity index is 863. The number of anilines is 1. The van der Waals surface area contributed by atoms with Crippen LogP contribution in [0.4, 0.5) is 5.69 Å². The van der Waals surface area contributed by atoms with Crippen LogP contribution < -0.4 is 10.1 Å². The van der Waals surface area contributed by atoms with Gasteiger partial charge in [-0.2, -0.15) is 4.80 Å². The molecule has 3 aromatic rings. The monoisotopic (exact) mass is 357 g/mol. The number of carbonyl (C=O) groups excluding carboxylic acids is 1. The van der Waals surface area contributed by atoms with Gasteiger partial charge in [0.15, 0.2) is 0 Å². The lowest BCUT2D eigenvalue weighted by Crippen LogP contribution is -2.16. The molecule has 25 heavy (non-hydrogen) atoms. The molecule has 0 aliphatic rings. The van der Waals surface area contributed by atoms with Crippen LogP contribution >= 0.6 is 11.6 Å². The Morgan fingerprint density at radius 1 is 1.20 bits per heavy atom. The average molecular weight is 358 g/mol. The molecule has 0 saturated carbocycles. The van der Waals surface area contributed by atoms with Crippen molar-refractivity contribution in [3.05, 3.63) is 53.6 Å². The molecule has 1 heterocycles. The minimum absolute atomic E-state index is 0.158. The highest BCUT2D eigenvalue weighted by Gasteiger charge is 2.10. The van der Waals surface area contributed by atoms with Gasteiger partial charge in [0.25, 0.3) is 0 Å². The lowest BCUT2D eigenvalue weighted by atomic mass is 10.2. The lowest BCUT2D eigenvalue weighted by Gasteiger charge is -2.09. The Hall–Kier alpha value is -2.93. The Kier molecular flexibility index (Phi) is 5.25. The van der Waals surface area contributed by atoms with E-state index in [9.17, 15) is 4.79 Å². The third-order valence-corrected chi connectivity index (χ3v) is 3.73. The molecule has 1 amide bonds. The number of methoxy groups -OCH3 is 1. The molecule has 0 atom stereocenters. The van der Waals surface area contributed by atoms with Crippen molar-refractivity contribution in [3.8, 4) is 17.1 Å². The molecule has 0 aliphatic heterocycles. The fourth-order valence-corrected chi connectivity index (χ4v) is 2.34. The van der Waals surface area contributed by atoms with E-state index >= 15 is 0 Å². The van der Waals surface area contributed by atoms with Gasteiger partial charge in [0.1, 0.15) is 5.75 Å². The molecule has 2 aromatic carbocycles. The van der Waals surface area contributed by atoms with Crippen molar-refractivity contribution >= 4 is 23.2 Å². The predicted molar refractivity (Wildman–Crippen MR) is 94.5 cm³/mol. The number of rotatable bonds is 6. The van der Waals surface area contributed by atoms with Crippen molar-refractivity contribution in [1.82, 2.24) is 20.2 Å². The Balaban J connectivity index is 1.58. The topological polar surface area (TPSA) is 81.9 Å². The van der Waals surface area contributed by atoms with E-state index in [2.05, 4.69) is 20.7 Å². The van der Waals surface area contributed by atoms with Gasteiger partial charge in [0, 0.05) is 17.0 Å². The maximum absolute atomic E-state index is 12.1. The van der Waals surface area contributed by atoms with Crippen molar-refractivity contribution in [3.63, 3.8) is 0 Å². The zero-order valence-corrected chi connectivity index (χ0v) is 14.3. The van der Waals surface area contributed by atoms with Gasteiger partial charge >= 0.3 is 0 Å². The van der Waals surface area contributed by atoms with E-state index < -0.39 is 0 Å². The highest BCUT2D eigenvalue weighted by Crippen LogP contribution is 2.23. The number of halogens is 1. The summed E-state index contributed by atoms with van der Waals surface area (Å²) in [7, 11) is 1.56. The summed E-state index contributed by atoms with van der Waals surface area (Å²) >= 11 is 5.86. The smallest absolute Gasteiger partial charge is 0.226 e. The van der Waals surface area contributed by atoms with Crippen molar-refractivity contribution in [2.24, 2.45) is 0 Å². The van der Waals surface area contributed by atoms with Gasteiger partial charge in [-0.15, -0.1) is 10.2 Å². The number of tetrazole rings is 1. The molecule has 0 unspecified atom stereocenters. The second-order valence-electron chi connectivity index (χ2n) is 5.21. The summed E-state index contributed by atoms with van der Waals surface area (Å²) in [5.41, 5.74) is 1.44. The van der Waals surface area contributed by atoms with Crippen molar-refractivity contribution < 1.29 is 9.53 Å². The van der Waals surface area contributed by atoms with Crippen LogP contribution in [-0.4, -0.2) is 33.2 Å². The first-order chi connectivity index (χ1) is 12.2. The predicted octanol–water partition coefficient (Wildman–Crippen LogP) is 3.03. The van der Waals surface area contributed by atoms with Gasteiger partial charge in [0.2, 0.25) is 11.7 Å². The number of para-hydroxylation sites is 2. The second kappa shape index (κ2) is 7.76. The first-order valence-corrected chi connectivity index (χ1v) is 8.00. The summed E-state index contributed by atoms with van der Waals surface area (Å²) < 4.78 is 5.21. The number of hydrogen-bond acceptors (Lipinski definition) is 5. The average Bonchev–Trinajstić information content (AvgIpc) is 3.10. The van der Waals surface area contributed by atoms with E-state index in [1.54, 1.807) is 31.4 Å². The molecule has 1 N–H and O–H groups in total. The van der Waals surface area contributed by atoms with E-state index in [0.717, 1.165) is 5.56 Å². The summed E-state index contributed by atoms with van der Waals surface area (Å²) in [4.78, 5) is 13.5. The van der Waals surface area contributed by atoms with E-state index in [1.165, 1.54) is 4.80 Å². The number of aromatic nitrogens is 4. The van der Waals surface area contributed by atoms with Gasteiger partial charge in [-0.1, -0.05) is 23.7 Å². The summed E-state index contributed by atoms with van der Waals surface area (Å²) in [6.45, 7) is 0.321. The first-order valence-electron chi connectivity index (χ1n) is 7.62. The largest absolute Gasteiger partial charge is 0.495 e. The number of nitrogens with zero attached hydrogens (tertiary/aromatic N) is 4. The molecule has 0 bridgehead atoms. The second-order valence-corrected chi connectivity index (χ2v) is 5.65. The summed E-state index contributed by atoms with van der Waals surface area (Å²) in [6, 6.07) is 14.4. The molecule has 0 fully saturated rings. The van der Waals surface area contributed by atoms with Gasteiger partial charge in [-0.05, 0) is 41.6 Å². The fraction of sp³-hybridized carbons (Fsp3) is 0.176. The molecule has 0 aliphatic carbocycles. The molecule has 0 spiro atoms. The highest BCUT2D eigenvalue weighted by molar-refractivity contribution is 6.30. The van der Waals surface area contributed by atoms with Gasteiger partial charge < -0.3 is 10.1 Å². The quantitative estimate of drug-likeness (QED) is 0.733. The maximum Gasteiger partial charge on any atom is 0.226 e. The Morgan fingerprint density at radius 3 is 2.72 bits per heavy atom. The highest BCUT2D eigenvalue weighted by atomic mass is 35.5. The van der Waals surface area contributed by atoms with E-state index in [4.69, 9.17) is 16.3 Å². The molecular formula is C17H16ClN5O2. The molecule has 3 rings (SSSR count). The number of benzene rings is 2. The molecule has 1 aromatic heterocycles. The van der Waals surface area contributed by atoms with Crippen LogP contribution in [0.5, 0.6) is 5.75 Å². The third kappa shape index (κ3) is 4.33. The van der Waals surface area contributed by atoms with E-state index in [1.807, 2.05) is 24.3 Å². The van der Waals surface area contributed by atoms with Crippen molar-refractivity contribution in [2.75, 3.05) is 12.4 Å². The summed E-state index contributed by atoms with van der Waals surface area (Å²) in [5.74, 6) is 0.941. The van der Waals surface area contributed by atoms with E-state index in [0.29, 0.717) is 28.8 Å². The van der Waals surface area contributed by atoms with Crippen LogP contribution in [0.1, 0.15) is 6.42 Å².